The number of ether oxygens (including phenoxy) is 1. The molecule has 0 aromatic heterocycles. The molecule has 0 atom stereocenters. The van der Waals surface area contributed by atoms with Crippen molar-refractivity contribution in [2.75, 3.05) is 7.11 Å². The topological polar surface area (TPSA) is 26.3 Å². The molecule has 0 aliphatic heterocycles. The molecule has 0 radical (unpaired) electrons. The van der Waals surface area contributed by atoms with Gasteiger partial charge >= 0.3 is 0 Å². The quantitative estimate of drug-likeness (QED) is 0.731. The normalized spacial score (nSPS) is 10.9. The molecular formula is C19H21FO2. The summed E-state index contributed by atoms with van der Waals surface area (Å²) in [4.78, 5) is 11.6. The Morgan fingerprint density at radius 2 is 1.82 bits per heavy atom. The summed E-state index contributed by atoms with van der Waals surface area (Å²) in [5.74, 6) is 0.664. The van der Waals surface area contributed by atoms with Crippen LogP contribution in [0.4, 0.5) is 4.39 Å². The van der Waals surface area contributed by atoms with Crippen molar-refractivity contribution in [3.8, 4) is 16.9 Å². The van der Waals surface area contributed by atoms with E-state index in [1.54, 1.807) is 13.2 Å². The van der Waals surface area contributed by atoms with Crippen LogP contribution in [0, 0.1) is 12.7 Å². The Balaban J connectivity index is 2.69. The van der Waals surface area contributed by atoms with Crippen molar-refractivity contribution < 1.29 is 13.9 Å². The Kier molecular flexibility index (Phi) is 4.65. The maximum Gasteiger partial charge on any atom is 0.159 e. The van der Waals surface area contributed by atoms with Crippen molar-refractivity contribution in [1.82, 2.24) is 0 Å². The minimum atomic E-state index is -0.326. The van der Waals surface area contributed by atoms with Gasteiger partial charge in [0.15, 0.2) is 5.78 Å². The van der Waals surface area contributed by atoms with Crippen LogP contribution in [0.5, 0.6) is 5.75 Å². The van der Waals surface area contributed by atoms with Gasteiger partial charge in [0, 0.05) is 11.1 Å². The van der Waals surface area contributed by atoms with E-state index in [4.69, 9.17) is 4.74 Å². The van der Waals surface area contributed by atoms with E-state index in [0.717, 1.165) is 22.4 Å². The smallest absolute Gasteiger partial charge is 0.159 e. The van der Waals surface area contributed by atoms with Crippen molar-refractivity contribution in [1.29, 1.82) is 0 Å². The van der Waals surface area contributed by atoms with Crippen molar-refractivity contribution in [2.45, 2.75) is 33.6 Å². The van der Waals surface area contributed by atoms with Crippen LogP contribution in [0.3, 0.4) is 0 Å². The molecule has 0 fully saturated rings. The zero-order valence-electron chi connectivity index (χ0n) is 13.7. The van der Waals surface area contributed by atoms with Crippen molar-refractivity contribution in [3.05, 3.63) is 52.8 Å². The van der Waals surface area contributed by atoms with E-state index in [9.17, 15) is 9.18 Å². The molecule has 0 heterocycles. The highest BCUT2D eigenvalue weighted by atomic mass is 19.1. The van der Waals surface area contributed by atoms with Gasteiger partial charge in [-0.25, -0.2) is 4.39 Å². The van der Waals surface area contributed by atoms with Crippen LogP contribution in [0.15, 0.2) is 30.3 Å². The summed E-state index contributed by atoms with van der Waals surface area (Å²) in [5.41, 5.74) is 3.70. The fourth-order valence-electron chi connectivity index (χ4n) is 2.57. The zero-order chi connectivity index (χ0) is 16.4. The monoisotopic (exact) mass is 300 g/mol. The number of methoxy groups -OCH3 is 1. The van der Waals surface area contributed by atoms with Crippen molar-refractivity contribution >= 4 is 5.78 Å². The molecule has 0 bridgehead atoms. The Morgan fingerprint density at radius 1 is 1.14 bits per heavy atom. The first-order chi connectivity index (χ1) is 10.3. The molecule has 116 valence electrons. The van der Waals surface area contributed by atoms with E-state index in [2.05, 4.69) is 13.8 Å². The second kappa shape index (κ2) is 6.30. The van der Waals surface area contributed by atoms with Crippen LogP contribution < -0.4 is 4.74 Å². The highest BCUT2D eigenvalue weighted by Gasteiger charge is 2.15. The molecule has 2 aromatic rings. The zero-order valence-corrected chi connectivity index (χ0v) is 13.7. The number of ketones is 1. The standard InChI is InChI=1S/C19H21FO2/c1-11(2)15-10-16(12(3)8-19(15)22-5)17-9-14(13(4)21)6-7-18(17)20/h6-11H,1-5H3. The van der Waals surface area contributed by atoms with E-state index in [-0.39, 0.29) is 17.5 Å². The fourth-order valence-corrected chi connectivity index (χ4v) is 2.57. The lowest BCUT2D eigenvalue weighted by Gasteiger charge is -2.17. The van der Waals surface area contributed by atoms with Gasteiger partial charge in [0.25, 0.3) is 0 Å². The number of Topliss-reactive ketones (excluding diaryl/α,β-unsaturated/α-hetero) is 1. The van der Waals surface area contributed by atoms with Gasteiger partial charge < -0.3 is 4.74 Å². The van der Waals surface area contributed by atoms with Crippen molar-refractivity contribution in [3.63, 3.8) is 0 Å². The fraction of sp³-hybridized carbons (Fsp3) is 0.316. The lowest BCUT2D eigenvalue weighted by molar-refractivity contribution is 0.101. The third-order valence-electron chi connectivity index (χ3n) is 3.86. The van der Waals surface area contributed by atoms with E-state index in [0.29, 0.717) is 11.1 Å². The molecule has 2 rings (SSSR count). The molecule has 0 spiro atoms. The molecule has 2 aromatic carbocycles. The first-order valence-corrected chi connectivity index (χ1v) is 7.34. The SMILES string of the molecule is COc1cc(C)c(-c2cc(C(C)=O)ccc2F)cc1C(C)C. The summed E-state index contributed by atoms with van der Waals surface area (Å²) in [7, 11) is 1.64. The van der Waals surface area contributed by atoms with E-state index in [1.165, 1.54) is 19.1 Å². The average Bonchev–Trinajstić information content (AvgIpc) is 2.47. The summed E-state index contributed by atoms with van der Waals surface area (Å²) < 4.78 is 19.7. The molecule has 0 N–H and O–H groups in total. The van der Waals surface area contributed by atoms with Gasteiger partial charge in [-0.05, 0) is 66.8 Å². The van der Waals surface area contributed by atoms with Gasteiger partial charge in [0.05, 0.1) is 7.11 Å². The highest BCUT2D eigenvalue weighted by Crippen LogP contribution is 2.35. The molecule has 2 nitrogen and oxygen atoms in total. The minimum absolute atomic E-state index is 0.0727. The number of aryl methyl sites for hydroxylation is 1. The third kappa shape index (κ3) is 3.03. The molecule has 0 saturated carbocycles. The van der Waals surface area contributed by atoms with Crippen LogP contribution in [-0.4, -0.2) is 12.9 Å². The maximum atomic E-state index is 14.3. The average molecular weight is 300 g/mol. The van der Waals surface area contributed by atoms with Crippen LogP contribution >= 0.6 is 0 Å². The van der Waals surface area contributed by atoms with Gasteiger partial charge in [0.2, 0.25) is 0 Å². The first-order valence-electron chi connectivity index (χ1n) is 7.34. The van der Waals surface area contributed by atoms with Crippen LogP contribution in [0.2, 0.25) is 0 Å². The predicted octanol–water partition coefficient (Wildman–Crippen LogP) is 5.14. The van der Waals surface area contributed by atoms with E-state index in [1.807, 2.05) is 19.1 Å². The van der Waals surface area contributed by atoms with Gasteiger partial charge in [-0.1, -0.05) is 13.8 Å². The molecular weight excluding hydrogens is 279 g/mol. The van der Waals surface area contributed by atoms with Crippen molar-refractivity contribution in [2.24, 2.45) is 0 Å². The molecule has 0 amide bonds. The molecule has 0 aliphatic rings. The third-order valence-corrected chi connectivity index (χ3v) is 3.86. The maximum absolute atomic E-state index is 14.3. The summed E-state index contributed by atoms with van der Waals surface area (Å²) in [6.45, 7) is 7.54. The largest absolute Gasteiger partial charge is 0.496 e. The lowest BCUT2D eigenvalue weighted by atomic mass is 9.91. The second-order valence-corrected chi connectivity index (χ2v) is 5.81. The number of hydrogen-bond donors (Lipinski definition) is 0. The minimum Gasteiger partial charge on any atom is -0.496 e. The summed E-state index contributed by atoms with van der Waals surface area (Å²) >= 11 is 0. The Hall–Kier alpha value is -2.16. The van der Waals surface area contributed by atoms with Gasteiger partial charge in [-0.15, -0.1) is 0 Å². The number of carbonyl (C=O) groups excluding carboxylic acids is 1. The molecule has 22 heavy (non-hydrogen) atoms. The molecule has 0 aliphatic carbocycles. The van der Waals surface area contributed by atoms with Crippen LogP contribution in [0.1, 0.15) is 48.2 Å². The second-order valence-electron chi connectivity index (χ2n) is 5.81. The Bertz CT molecular complexity index is 718. The van der Waals surface area contributed by atoms with E-state index < -0.39 is 0 Å². The first kappa shape index (κ1) is 16.2. The molecule has 0 saturated heterocycles. The van der Waals surface area contributed by atoms with Gasteiger partial charge in [-0.3, -0.25) is 4.79 Å². The number of rotatable bonds is 4. The van der Waals surface area contributed by atoms with Crippen LogP contribution in [-0.2, 0) is 0 Å². The van der Waals surface area contributed by atoms with Gasteiger partial charge in [0.1, 0.15) is 11.6 Å². The summed E-state index contributed by atoms with van der Waals surface area (Å²) in [6.07, 6.45) is 0. The summed E-state index contributed by atoms with van der Waals surface area (Å²) in [5, 5.41) is 0. The summed E-state index contributed by atoms with van der Waals surface area (Å²) in [6, 6.07) is 8.37. The highest BCUT2D eigenvalue weighted by molar-refractivity contribution is 5.95. The predicted molar refractivity (Wildman–Crippen MR) is 87.2 cm³/mol. The number of hydrogen-bond acceptors (Lipinski definition) is 2. The molecule has 0 unspecified atom stereocenters. The number of benzene rings is 2. The van der Waals surface area contributed by atoms with E-state index >= 15 is 0 Å². The molecule has 3 heteroatoms. The number of halogens is 1. The lowest BCUT2D eigenvalue weighted by Crippen LogP contribution is -1.99. The Labute approximate surface area is 130 Å². The Morgan fingerprint density at radius 3 is 2.36 bits per heavy atom. The van der Waals surface area contributed by atoms with Crippen LogP contribution in [0.25, 0.3) is 11.1 Å². The van der Waals surface area contributed by atoms with Gasteiger partial charge in [-0.2, -0.15) is 0 Å². The number of carbonyl (C=O) groups is 1.